The van der Waals surface area contributed by atoms with Crippen molar-refractivity contribution in [2.75, 3.05) is 0 Å². The Balaban J connectivity index is 2.45. The molecule has 0 spiro atoms. The van der Waals surface area contributed by atoms with Gasteiger partial charge in [-0.25, -0.2) is 4.79 Å². The Morgan fingerprint density at radius 3 is 2.13 bits per heavy atom. The van der Waals surface area contributed by atoms with Crippen molar-refractivity contribution in [2.45, 2.75) is 25.0 Å². The highest BCUT2D eigenvalue weighted by Crippen LogP contribution is 2.55. The number of hydrogen-bond donors (Lipinski definition) is 1. The SMILES string of the molecule is CC1(C)OC1(C(=O)O)c1ccc(Cl)cc1. The third-order valence-electron chi connectivity index (χ3n) is 2.77. The molecule has 0 aromatic heterocycles. The molecule has 15 heavy (non-hydrogen) atoms. The lowest BCUT2D eigenvalue weighted by Gasteiger charge is -2.10. The van der Waals surface area contributed by atoms with Crippen molar-refractivity contribution in [3.8, 4) is 0 Å². The summed E-state index contributed by atoms with van der Waals surface area (Å²) in [5.41, 5.74) is -1.24. The molecule has 1 unspecified atom stereocenters. The molecule has 80 valence electrons. The van der Waals surface area contributed by atoms with Crippen LogP contribution in [-0.2, 0) is 15.1 Å². The van der Waals surface area contributed by atoms with E-state index in [9.17, 15) is 9.90 Å². The molecule has 2 rings (SSSR count). The second kappa shape index (κ2) is 2.97. The smallest absolute Gasteiger partial charge is 0.343 e. The lowest BCUT2D eigenvalue weighted by molar-refractivity contribution is -0.143. The maximum Gasteiger partial charge on any atom is 0.343 e. The van der Waals surface area contributed by atoms with E-state index in [1.807, 2.05) is 0 Å². The van der Waals surface area contributed by atoms with Gasteiger partial charge in [0.25, 0.3) is 0 Å². The van der Waals surface area contributed by atoms with Crippen LogP contribution in [0.25, 0.3) is 0 Å². The average Bonchev–Trinajstić information content (AvgIpc) is 2.72. The van der Waals surface area contributed by atoms with Crippen LogP contribution >= 0.6 is 11.6 Å². The molecule has 1 aliphatic heterocycles. The topological polar surface area (TPSA) is 49.8 Å². The van der Waals surface area contributed by atoms with Gasteiger partial charge >= 0.3 is 5.97 Å². The van der Waals surface area contributed by atoms with E-state index in [4.69, 9.17) is 16.3 Å². The molecule has 3 nitrogen and oxygen atoms in total. The van der Waals surface area contributed by atoms with E-state index in [0.29, 0.717) is 10.6 Å². The van der Waals surface area contributed by atoms with Gasteiger partial charge in [0.05, 0.1) is 0 Å². The number of epoxide rings is 1. The highest BCUT2D eigenvalue weighted by atomic mass is 35.5. The third kappa shape index (κ3) is 1.34. The molecule has 4 heteroatoms. The molecule has 1 N–H and O–H groups in total. The lowest BCUT2D eigenvalue weighted by atomic mass is 9.88. The molecule has 1 aromatic carbocycles. The molecule has 1 aliphatic rings. The molecule has 1 aromatic rings. The van der Waals surface area contributed by atoms with E-state index in [0.717, 1.165) is 0 Å². The van der Waals surface area contributed by atoms with Crippen molar-refractivity contribution in [2.24, 2.45) is 0 Å². The van der Waals surface area contributed by atoms with Gasteiger partial charge in [0.2, 0.25) is 5.60 Å². The standard InChI is InChI=1S/C11H11ClO3/c1-10(2)11(15-10,9(13)14)7-3-5-8(12)6-4-7/h3-6H,1-2H3,(H,13,14). The normalized spacial score (nSPS) is 27.4. The Bertz CT molecular complexity index is 410. The van der Waals surface area contributed by atoms with Gasteiger partial charge in [-0.05, 0) is 31.5 Å². The van der Waals surface area contributed by atoms with Crippen LogP contribution in [0.15, 0.2) is 24.3 Å². The van der Waals surface area contributed by atoms with Gasteiger partial charge < -0.3 is 9.84 Å². The number of carboxylic acid groups (broad SMARTS) is 1. The van der Waals surface area contributed by atoms with Crippen molar-refractivity contribution < 1.29 is 14.6 Å². The number of hydrogen-bond acceptors (Lipinski definition) is 2. The highest BCUT2D eigenvalue weighted by Gasteiger charge is 2.70. The van der Waals surface area contributed by atoms with Gasteiger partial charge in [0.1, 0.15) is 5.60 Å². The first kappa shape index (κ1) is 10.5. The molecule has 1 heterocycles. The van der Waals surface area contributed by atoms with Crippen LogP contribution < -0.4 is 0 Å². The van der Waals surface area contributed by atoms with Gasteiger partial charge in [-0.2, -0.15) is 0 Å². The summed E-state index contributed by atoms with van der Waals surface area (Å²) in [7, 11) is 0. The van der Waals surface area contributed by atoms with Crippen LogP contribution in [0.2, 0.25) is 5.02 Å². The van der Waals surface area contributed by atoms with Crippen molar-refractivity contribution in [1.29, 1.82) is 0 Å². The lowest BCUT2D eigenvalue weighted by Crippen LogP contribution is -2.28. The van der Waals surface area contributed by atoms with Crippen molar-refractivity contribution >= 4 is 17.6 Å². The summed E-state index contributed by atoms with van der Waals surface area (Å²) < 4.78 is 5.34. The quantitative estimate of drug-likeness (QED) is 0.788. The molecule has 0 saturated carbocycles. The number of carbonyl (C=O) groups is 1. The molecule has 0 bridgehead atoms. The first-order chi connectivity index (χ1) is 6.90. The minimum atomic E-state index is -1.21. The predicted molar refractivity (Wildman–Crippen MR) is 55.9 cm³/mol. The van der Waals surface area contributed by atoms with Gasteiger partial charge in [-0.15, -0.1) is 0 Å². The van der Waals surface area contributed by atoms with Crippen LogP contribution in [0.3, 0.4) is 0 Å². The molecule has 1 atom stereocenters. The maximum atomic E-state index is 11.2. The second-order valence-corrected chi connectivity index (χ2v) is 4.54. The van der Waals surface area contributed by atoms with Crippen molar-refractivity contribution in [3.05, 3.63) is 34.9 Å². The summed E-state index contributed by atoms with van der Waals surface area (Å²) in [5, 5.41) is 9.79. The molecular formula is C11H11ClO3. The second-order valence-electron chi connectivity index (χ2n) is 4.11. The summed E-state index contributed by atoms with van der Waals surface area (Å²) >= 11 is 5.74. The fourth-order valence-corrected chi connectivity index (χ4v) is 2.00. The minimum Gasteiger partial charge on any atom is -0.479 e. The first-order valence-corrected chi connectivity index (χ1v) is 4.97. The van der Waals surface area contributed by atoms with Crippen LogP contribution in [0.5, 0.6) is 0 Å². The van der Waals surface area contributed by atoms with Crippen molar-refractivity contribution in [3.63, 3.8) is 0 Å². The summed E-state index contributed by atoms with van der Waals surface area (Å²) in [6.45, 7) is 3.52. The van der Waals surface area contributed by atoms with Crippen LogP contribution in [-0.4, -0.2) is 16.7 Å². The largest absolute Gasteiger partial charge is 0.479 e. The minimum absolute atomic E-state index is 0.581. The van der Waals surface area contributed by atoms with Crippen LogP contribution in [0.4, 0.5) is 0 Å². The number of aliphatic carboxylic acids is 1. The Hall–Kier alpha value is -1.06. The first-order valence-electron chi connectivity index (χ1n) is 4.60. The summed E-state index contributed by atoms with van der Waals surface area (Å²) in [5.74, 6) is -0.963. The van der Waals surface area contributed by atoms with Crippen molar-refractivity contribution in [1.82, 2.24) is 0 Å². The fourth-order valence-electron chi connectivity index (χ4n) is 1.87. The van der Waals surface area contributed by atoms with Crippen LogP contribution in [0, 0.1) is 0 Å². The molecule has 1 fully saturated rings. The number of ether oxygens (including phenoxy) is 1. The molecular weight excluding hydrogens is 216 g/mol. The Morgan fingerprint density at radius 2 is 1.80 bits per heavy atom. The van der Waals surface area contributed by atoms with Gasteiger partial charge in [0, 0.05) is 5.02 Å². The van der Waals surface area contributed by atoms with E-state index >= 15 is 0 Å². The molecule has 0 radical (unpaired) electrons. The zero-order chi connectivity index (χ0) is 11.3. The number of carboxylic acids is 1. The molecule has 0 aliphatic carbocycles. The van der Waals surface area contributed by atoms with Crippen LogP contribution in [0.1, 0.15) is 19.4 Å². The highest BCUT2D eigenvalue weighted by molar-refractivity contribution is 6.30. The van der Waals surface area contributed by atoms with E-state index in [1.54, 1.807) is 38.1 Å². The predicted octanol–water partition coefficient (Wildman–Crippen LogP) is 2.43. The Morgan fingerprint density at radius 1 is 1.33 bits per heavy atom. The zero-order valence-electron chi connectivity index (χ0n) is 8.45. The van der Waals surface area contributed by atoms with Gasteiger partial charge in [0.15, 0.2) is 0 Å². The average molecular weight is 227 g/mol. The van der Waals surface area contributed by atoms with E-state index < -0.39 is 17.2 Å². The fraction of sp³-hybridized carbons (Fsp3) is 0.364. The summed E-state index contributed by atoms with van der Waals surface area (Å²) in [6, 6.07) is 6.70. The number of halogens is 1. The van der Waals surface area contributed by atoms with E-state index in [2.05, 4.69) is 0 Å². The Kier molecular flexibility index (Phi) is 2.07. The third-order valence-corrected chi connectivity index (χ3v) is 3.02. The molecule has 0 amide bonds. The number of benzene rings is 1. The molecule has 1 saturated heterocycles. The monoisotopic (exact) mass is 226 g/mol. The van der Waals surface area contributed by atoms with E-state index in [1.165, 1.54) is 0 Å². The van der Waals surface area contributed by atoms with E-state index in [-0.39, 0.29) is 0 Å². The van der Waals surface area contributed by atoms with Gasteiger partial charge in [-0.3, -0.25) is 0 Å². The number of rotatable bonds is 2. The summed E-state index contributed by atoms with van der Waals surface area (Å²) in [6.07, 6.45) is 0. The van der Waals surface area contributed by atoms with Gasteiger partial charge in [-0.1, -0.05) is 23.7 Å². The zero-order valence-corrected chi connectivity index (χ0v) is 9.21. The summed E-state index contributed by atoms with van der Waals surface area (Å²) in [4.78, 5) is 11.2. The Labute approximate surface area is 92.6 Å². The maximum absolute atomic E-state index is 11.2.